The topological polar surface area (TPSA) is 68.3 Å². The van der Waals surface area contributed by atoms with Crippen molar-refractivity contribution in [2.24, 2.45) is 0 Å². The van der Waals surface area contributed by atoms with Gasteiger partial charge in [-0.25, -0.2) is 4.98 Å². The fourth-order valence-corrected chi connectivity index (χ4v) is 5.64. The predicted molar refractivity (Wildman–Crippen MR) is 134 cm³/mol. The molecule has 1 amide bonds. The van der Waals surface area contributed by atoms with Crippen molar-refractivity contribution >= 4 is 44.2 Å². The zero-order chi connectivity index (χ0) is 22.8. The molecule has 1 fully saturated rings. The van der Waals surface area contributed by atoms with Crippen LogP contribution in [0.4, 0.5) is 4.79 Å². The Morgan fingerprint density at radius 1 is 0.970 bits per heavy atom. The summed E-state index contributed by atoms with van der Waals surface area (Å²) < 4.78 is 6.18. The minimum atomic E-state index is -0.482. The Morgan fingerprint density at radius 2 is 1.73 bits per heavy atom. The molecule has 0 bridgehead atoms. The molecule has 0 spiro atoms. The van der Waals surface area contributed by atoms with Crippen LogP contribution in [0, 0.1) is 6.92 Å². The maximum absolute atomic E-state index is 12.0. The lowest BCUT2D eigenvalue weighted by atomic mass is 9.98. The second-order valence-electron chi connectivity index (χ2n) is 7.86. The monoisotopic (exact) mass is 474 g/mol. The number of fused-ring (bicyclic) bond motifs is 1. The van der Waals surface area contributed by atoms with E-state index in [0.29, 0.717) is 13.0 Å². The van der Waals surface area contributed by atoms with Crippen molar-refractivity contribution in [2.75, 3.05) is 6.61 Å². The van der Waals surface area contributed by atoms with E-state index >= 15 is 0 Å². The van der Waals surface area contributed by atoms with Gasteiger partial charge in [-0.2, -0.15) is 0 Å². The number of carbonyl (C=O) groups excluding carboxylic acids is 2. The van der Waals surface area contributed by atoms with Crippen molar-refractivity contribution in [1.29, 1.82) is 0 Å². The lowest BCUT2D eigenvalue weighted by Crippen LogP contribution is -2.30. The molecule has 1 aliphatic heterocycles. The number of aryl methyl sites for hydroxylation is 1. The molecule has 1 saturated heterocycles. The van der Waals surface area contributed by atoms with Crippen LogP contribution in [-0.4, -0.2) is 28.0 Å². The number of carbonyl (C=O) groups is 2. The highest BCUT2D eigenvalue weighted by molar-refractivity contribution is 8.26. The standard InChI is InChI=1S/C26H22N2O3S2/c1-16-21(27-24(32-16)17-7-3-2-4-8-17)13-14-31-23-12-11-18(19-9-5-6-10-20(19)23)15-22-25(29)33-26(30)28-22/h2-12,22H,13-15H2,1H3,(H,28,30). The highest BCUT2D eigenvalue weighted by atomic mass is 32.2. The molecular weight excluding hydrogens is 452 g/mol. The first kappa shape index (κ1) is 21.7. The Bertz CT molecular complexity index is 1330. The molecule has 33 heavy (non-hydrogen) atoms. The number of aromatic nitrogens is 1. The van der Waals surface area contributed by atoms with E-state index in [1.54, 1.807) is 11.3 Å². The third-order valence-corrected chi connectivity index (χ3v) is 7.53. The van der Waals surface area contributed by atoms with Gasteiger partial charge in [-0.15, -0.1) is 11.3 Å². The number of amides is 1. The van der Waals surface area contributed by atoms with E-state index in [4.69, 9.17) is 9.72 Å². The van der Waals surface area contributed by atoms with Crippen LogP contribution in [0.15, 0.2) is 66.7 Å². The van der Waals surface area contributed by atoms with Gasteiger partial charge in [0, 0.05) is 40.4 Å². The molecule has 4 aromatic rings. The average molecular weight is 475 g/mol. The van der Waals surface area contributed by atoms with E-state index in [9.17, 15) is 9.59 Å². The first-order chi connectivity index (χ1) is 16.1. The predicted octanol–water partition coefficient (Wildman–Crippen LogP) is 5.79. The molecule has 5 nitrogen and oxygen atoms in total. The molecule has 0 radical (unpaired) electrons. The quantitative estimate of drug-likeness (QED) is 0.367. The zero-order valence-corrected chi connectivity index (χ0v) is 19.7. The Kier molecular flexibility index (Phi) is 6.15. The molecule has 1 unspecified atom stereocenters. The number of rotatable bonds is 7. The van der Waals surface area contributed by atoms with Gasteiger partial charge in [0.2, 0.25) is 5.12 Å². The number of benzene rings is 3. The number of ether oxygens (including phenoxy) is 1. The normalized spacial score (nSPS) is 15.7. The Hall–Kier alpha value is -3.16. The van der Waals surface area contributed by atoms with Crippen molar-refractivity contribution in [2.45, 2.75) is 25.8 Å². The highest BCUT2D eigenvalue weighted by Crippen LogP contribution is 2.31. The van der Waals surface area contributed by atoms with Gasteiger partial charge >= 0.3 is 0 Å². The van der Waals surface area contributed by atoms with Crippen LogP contribution in [0.1, 0.15) is 16.1 Å². The summed E-state index contributed by atoms with van der Waals surface area (Å²) in [5, 5.41) is 5.40. The Balaban J connectivity index is 1.31. The first-order valence-electron chi connectivity index (χ1n) is 10.8. The maximum atomic E-state index is 12.0. The first-order valence-corrected chi connectivity index (χ1v) is 12.4. The average Bonchev–Trinajstić information content (AvgIpc) is 3.36. The zero-order valence-electron chi connectivity index (χ0n) is 18.0. The molecule has 166 valence electrons. The molecule has 0 aliphatic carbocycles. The van der Waals surface area contributed by atoms with Crippen LogP contribution in [-0.2, 0) is 17.6 Å². The van der Waals surface area contributed by atoms with Gasteiger partial charge in [-0.05, 0) is 23.9 Å². The van der Waals surface area contributed by atoms with Crippen LogP contribution >= 0.6 is 23.1 Å². The van der Waals surface area contributed by atoms with E-state index in [1.165, 1.54) is 4.88 Å². The van der Waals surface area contributed by atoms with Crippen LogP contribution in [0.3, 0.4) is 0 Å². The van der Waals surface area contributed by atoms with Crippen molar-refractivity contribution in [3.63, 3.8) is 0 Å². The number of thioether (sulfide) groups is 1. The van der Waals surface area contributed by atoms with E-state index in [2.05, 4.69) is 24.4 Å². The molecule has 1 aromatic heterocycles. The number of hydrogen-bond acceptors (Lipinski definition) is 6. The van der Waals surface area contributed by atoms with Gasteiger partial charge in [0.05, 0.1) is 12.3 Å². The number of nitrogens with zero attached hydrogens (tertiary/aromatic N) is 1. The van der Waals surface area contributed by atoms with Crippen molar-refractivity contribution < 1.29 is 14.3 Å². The van der Waals surface area contributed by atoms with Gasteiger partial charge in [-0.1, -0.05) is 60.7 Å². The third-order valence-electron chi connectivity index (χ3n) is 5.68. The molecule has 1 N–H and O–H groups in total. The van der Waals surface area contributed by atoms with E-state index in [1.807, 2.05) is 54.6 Å². The maximum Gasteiger partial charge on any atom is 0.287 e. The number of thiazole rings is 1. The minimum absolute atomic E-state index is 0.127. The van der Waals surface area contributed by atoms with Crippen LogP contribution in [0.5, 0.6) is 5.75 Å². The van der Waals surface area contributed by atoms with E-state index in [0.717, 1.165) is 56.5 Å². The number of nitrogens with one attached hydrogen (secondary N) is 1. The van der Waals surface area contributed by atoms with E-state index < -0.39 is 6.04 Å². The van der Waals surface area contributed by atoms with Crippen molar-refractivity contribution in [3.05, 3.63) is 82.9 Å². The summed E-state index contributed by atoms with van der Waals surface area (Å²) in [6.45, 7) is 2.63. The molecule has 7 heteroatoms. The Labute approximate surface area is 200 Å². The van der Waals surface area contributed by atoms with E-state index in [-0.39, 0.29) is 10.4 Å². The SMILES string of the molecule is Cc1sc(-c2ccccc2)nc1CCOc1ccc(CC2NC(=O)SC2=O)c2ccccc12. The lowest BCUT2D eigenvalue weighted by Gasteiger charge is -2.14. The lowest BCUT2D eigenvalue weighted by molar-refractivity contribution is -0.112. The van der Waals surface area contributed by atoms with Gasteiger partial charge in [-0.3, -0.25) is 9.59 Å². The summed E-state index contributed by atoms with van der Waals surface area (Å²) in [5.74, 6) is 0.807. The van der Waals surface area contributed by atoms with Gasteiger partial charge < -0.3 is 10.1 Å². The molecule has 1 atom stereocenters. The summed E-state index contributed by atoms with van der Waals surface area (Å²) >= 11 is 2.46. The van der Waals surface area contributed by atoms with Crippen LogP contribution in [0.2, 0.25) is 0 Å². The van der Waals surface area contributed by atoms with Crippen molar-refractivity contribution in [1.82, 2.24) is 10.3 Å². The van der Waals surface area contributed by atoms with Gasteiger partial charge in [0.15, 0.2) is 0 Å². The van der Waals surface area contributed by atoms with Gasteiger partial charge in [0.1, 0.15) is 16.8 Å². The summed E-state index contributed by atoms with van der Waals surface area (Å²) in [7, 11) is 0. The Morgan fingerprint density at radius 3 is 2.48 bits per heavy atom. The molecule has 3 aromatic carbocycles. The second-order valence-corrected chi connectivity index (χ2v) is 10.0. The summed E-state index contributed by atoms with van der Waals surface area (Å²) in [4.78, 5) is 29.6. The summed E-state index contributed by atoms with van der Waals surface area (Å²) in [5.41, 5.74) is 3.21. The summed E-state index contributed by atoms with van der Waals surface area (Å²) in [6, 6.07) is 21.7. The third kappa shape index (κ3) is 4.65. The largest absolute Gasteiger partial charge is 0.493 e. The molecule has 1 aliphatic rings. The summed E-state index contributed by atoms with van der Waals surface area (Å²) in [6.07, 6.45) is 1.20. The van der Waals surface area contributed by atoms with Gasteiger partial charge in [0.25, 0.3) is 5.24 Å². The second kappa shape index (κ2) is 9.37. The minimum Gasteiger partial charge on any atom is -0.493 e. The molecule has 0 saturated carbocycles. The molecule has 2 heterocycles. The molecule has 5 rings (SSSR count). The van der Waals surface area contributed by atoms with Crippen LogP contribution in [0.25, 0.3) is 21.3 Å². The number of hydrogen-bond donors (Lipinski definition) is 1. The molecular formula is C26H22N2O3S2. The fourth-order valence-electron chi connectivity index (χ4n) is 4.01. The smallest absolute Gasteiger partial charge is 0.287 e. The fraction of sp³-hybridized carbons (Fsp3) is 0.192. The highest BCUT2D eigenvalue weighted by Gasteiger charge is 2.31. The van der Waals surface area contributed by atoms with Crippen LogP contribution < -0.4 is 10.1 Å². The van der Waals surface area contributed by atoms with Crippen molar-refractivity contribution in [3.8, 4) is 16.3 Å².